The van der Waals surface area contributed by atoms with E-state index in [1.165, 1.54) is 37.7 Å². The summed E-state index contributed by atoms with van der Waals surface area (Å²) in [7, 11) is 0. The molecule has 1 aromatic carbocycles. The molecule has 21 heavy (non-hydrogen) atoms. The Bertz CT molecular complexity index is 526. The van der Waals surface area contributed by atoms with Crippen molar-refractivity contribution in [2.75, 3.05) is 5.32 Å². The molecule has 3 heteroatoms. The maximum atomic E-state index is 5.56. The van der Waals surface area contributed by atoms with E-state index in [4.69, 9.17) is 12.2 Å². The van der Waals surface area contributed by atoms with Crippen LogP contribution in [0.4, 0.5) is 5.69 Å². The van der Waals surface area contributed by atoms with E-state index in [2.05, 4.69) is 41.8 Å². The first-order chi connectivity index (χ1) is 10.2. The van der Waals surface area contributed by atoms with Crippen LogP contribution in [0.3, 0.4) is 0 Å². The van der Waals surface area contributed by atoms with Gasteiger partial charge < -0.3 is 10.6 Å². The molecule has 4 aliphatic carbocycles. The van der Waals surface area contributed by atoms with Crippen molar-refractivity contribution in [3.05, 3.63) is 29.8 Å². The van der Waals surface area contributed by atoms with Crippen LogP contribution in [0, 0.1) is 30.6 Å². The molecule has 0 spiro atoms. The van der Waals surface area contributed by atoms with Crippen molar-refractivity contribution in [2.45, 2.75) is 45.1 Å². The molecule has 4 fully saturated rings. The molecule has 112 valence electrons. The maximum Gasteiger partial charge on any atom is 0.171 e. The fourth-order valence-corrected chi connectivity index (χ4v) is 5.46. The van der Waals surface area contributed by atoms with Crippen LogP contribution < -0.4 is 10.6 Å². The zero-order chi connectivity index (χ0) is 14.4. The monoisotopic (exact) mass is 300 g/mol. The Morgan fingerprint density at radius 1 is 1.05 bits per heavy atom. The van der Waals surface area contributed by atoms with Gasteiger partial charge in [-0.3, -0.25) is 0 Å². The van der Waals surface area contributed by atoms with E-state index in [0.29, 0.717) is 6.04 Å². The second kappa shape index (κ2) is 5.28. The molecule has 5 rings (SSSR count). The number of hydrogen-bond acceptors (Lipinski definition) is 1. The van der Waals surface area contributed by atoms with Gasteiger partial charge in [0.25, 0.3) is 0 Å². The molecule has 0 unspecified atom stereocenters. The van der Waals surface area contributed by atoms with Gasteiger partial charge in [0.2, 0.25) is 0 Å². The van der Waals surface area contributed by atoms with Crippen LogP contribution in [0.15, 0.2) is 24.3 Å². The van der Waals surface area contributed by atoms with E-state index in [0.717, 1.165) is 34.5 Å². The minimum Gasteiger partial charge on any atom is -0.359 e. The molecule has 0 saturated heterocycles. The van der Waals surface area contributed by atoms with Crippen LogP contribution in [0.5, 0.6) is 0 Å². The quantitative estimate of drug-likeness (QED) is 0.804. The van der Waals surface area contributed by atoms with Crippen molar-refractivity contribution in [3.63, 3.8) is 0 Å². The predicted octanol–water partition coefficient (Wildman–Crippen LogP) is 4.11. The van der Waals surface area contributed by atoms with Crippen molar-refractivity contribution < 1.29 is 0 Å². The standard InChI is InChI=1S/C18H24N2S/c1-11-3-2-4-16(5-11)19-18(21)20-17-14-7-12-6-13(9-14)10-15(17)8-12/h2-5,12-15,17H,6-10H2,1H3,(H2,19,20,21). The molecule has 0 aromatic heterocycles. The lowest BCUT2D eigenvalue weighted by Crippen LogP contribution is -2.56. The summed E-state index contributed by atoms with van der Waals surface area (Å²) in [5, 5.41) is 7.82. The maximum absolute atomic E-state index is 5.56. The normalized spacial score (nSPS) is 36.5. The lowest BCUT2D eigenvalue weighted by atomic mass is 9.54. The number of rotatable bonds is 2. The molecule has 0 heterocycles. The van der Waals surface area contributed by atoms with E-state index in [1.54, 1.807) is 0 Å². The first kappa shape index (κ1) is 13.6. The number of nitrogens with one attached hydrogen (secondary N) is 2. The highest BCUT2D eigenvalue weighted by Gasteiger charge is 2.48. The highest BCUT2D eigenvalue weighted by Crippen LogP contribution is 2.53. The third kappa shape index (κ3) is 2.68. The van der Waals surface area contributed by atoms with Crippen molar-refractivity contribution in [3.8, 4) is 0 Å². The average molecular weight is 300 g/mol. The Kier molecular flexibility index (Phi) is 3.41. The van der Waals surface area contributed by atoms with Crippen LogP contribution in [-0.4, -0.2) is 11.2 Å². The van der Waals surface area contributed by atoms with E-state index < -0.39 is 0 Å². The summed E-state index contributed by atoms with van der Waals surface area (Å²) in [6.45, 7) is 2.11. The van der Waals surface area contributed by atoms with Crippen molar-refractivity contribution in [1.82, 2.24) is 5.32 Å². The number of aryl methyl sites for hydroxylation is 1. The smallest absolute Gasteiger partial charge is 0.171 e. The third-order valence-corrected chi connectivity index (χ3v) is 6.02. The van der Waals surface area contributed by atoms with Crippen LogP contribution >= 0.6 is 12.2 Å². The summed E-state index contributed by atoms with van der Waals surface area (Å²) in [6, 6.07) is 9.02. The van der Waals surface area contributed by atoms with Crippen LogP contribution in [0.2, 0.25) is 0 Å². The Morgan fingerprint density at radius 2 is 1.71 bits per heavy atom. The first-order valence-corrected chi connectivity index (χ1v) is 8.72. The van der Waals surface area contributed by atoms with Gasteiger partial charge in [0.1, 0.15) is 0 Å². The van der Waals surface area contributed by atoms with Gasteiger partial charge >= 0.3 is 0 Å². The van der Waals surface area contributed by atoms with Crippen LogP contribution in [0.1, 0.15) is 37.7 Å². The van der Waals surface area contributed by atoms with Gasteiger partial charge in [-0.05, 0) is 92.6 Å². The molecular formula is C18H24N2S. The molecule has 0 aliphatic heterocycles. The SMILES string of the molecule is Cc1cccc(NC(=S)NC2C3CC4CC(C3)CC2C4)c1. The predicted molar refractivity (Wildman–Crippen MR) is 91.4 cm³/mol. The fraction of sp³-hybridized carbons (Fsp3) is 0.611. The lowest BCUT2D eigenvalue weighted by molar-refractivity contribution is -0.00665. The molecule has 2 N–H and O–H groups in total. The molecule has 4 bridgehead atoms. The van der Waals surface area contributed by atoms with Gasteiger partial charge in [-0.1, -0.05) is 12.1 Å². The number of thiocarbonyl (C=S) groups is 1. The highest BCUT2D eigenvalue weighted by molar-refractivity contribution is 7.80. The Morgan fingerprint density at radius 3 is 2.33 bits per heavy atom. The summed E-state index contributed by atoms with van der Waals surface area (Å²) in [6.07, 6.45) is 7.22. The molecule has 4 saturated carbocycles. The molecule has 0 atom stereocenters. The Balaban J connectivity index is 1.41. The van der Waals surface area contributed by atoms with E-state index in [-0.39, 0.29) is 0 Å². The largest absolute Gasteiger partial charge is 0.359 e. The lowest BCUT2D eigenvalue weighted by Gasteiger charge is -2.54. The zero-order valence-electron chi connectivity index (χ0n) is 12.6. The summed E-state index contributed by atoms with van der Waals surface area (Å²) in [5.74, 6) is 3.75. The number of benzene rings is 1. The molecule has 2 nitrogen and oxygen atoms in total. The number of hydrogen-bond donors (Lipinski definition) is 2. The summed E-state index contributed by atoms with van der Waals surface area (Å²) in [5.41, 5.74) is 2.36. The van der Waals surface area contributed by atoms with Gasteiger partial charge in [0.05, 0.1) is 0 Å². The molecule has 4 aliphatic rings. The topological polar surface area (TPSA) is 24.1 Å². The van der Waals surface area contributed by atoms with Crippen LogP contribution in [0.25, 0.3) is 0 Å². The summed E-state index contributed by atoms with van der Waals surface area (Å²) < 4.78 is 0. The minimum absolute atomic E-state index is 0.614. The fourth-order valence-electron chi connectivity index (χ4n) is 5.20. The van der Waals surface area contributed by atoms with Gasteiger partial charge in [0.15, 0.2) is 5.11 Å². The minimum atomic E-state index is 0.614. The van der Waals surface area contributed by atoms with Crippen LogP contribution in [-0.2, 0) is 0 Å². The van der Waals surface area contributed by atoms with Gasteiger partial charge in [-0.25, -0.2) is 0 Å². The number of anilines is 1. The Hall–Kier alpha value is -1.09. The van der Waals surface area contributed by atoms with Crippen molar-refractivity contribution in [1.29, 1.82) is 0 Å². The van der Waals surface area contributed by atoms with Gasteiger partial charge in [-0.15, -0.1) is 0 Å². The van der Waals surface area contributed by atoms with Crippen molar-refractivity contribution in [2.24, 2.45) is 23.7 Å². The van der Waals surface area contributed by atoms with E-state index in [1.807, 2.05) is 0 Å². The van der Waals surface area contributed by atoms with E-state index >= 15 is 0 Å². The van der Waals surface area contributed by atoms with Gasteiger partial charge in [-0.2, -0.15) is 0 Å². The average Bonchev–Trinajstić information content (AvgIpc) is 2.42. The molecular weight excluding hydrogens is 276 g/mol. The van der Waals surface area contributed by atoms with Gasteiger partial charge in [0, 0.05) is 11.7 Å². The van der Waals surface area contributed by atoms with Crippen molar-refractivity contribution >= 4 is 23.0 Å². The third-order valence-electron chi connectivity index (χ3n) is 5.80. The summed E-state index contributed by atoms with van der Waals surface area (Å²) >= 11 is 5.56. The first-order valence-electron chi connectivity index (χ1n) is 8.31. The molecule has 0 amide bonds. The summed E-state index contributed by atoms with van der Waals surface area (Å²) in [4.78, 5) is 0. The zero-order valence-corrected chi connectivity index (χ0v) is 13.5. The second-order valence-corrected chi connectivity index (χ2v) is 7.83. The van der Waals surface area contributed by atoms with E-state index in [9.17, 15) is 0 Å². The highest BCUT2D eigenvalue weighted by atomic mass is 32.1. The molecule has 1 aromatic rings. The second-order valence-electron chi connectivity index (χ2n) is 7.42. The Labute approximate surface area is 132 Å². The molecule has 0 radical (unpaired) electrons.